The molecule has 2 aromatic heterocycles. The molecule has 1 N–H and O–H groups in total. The second-order valence-corrected chi connectivity index (χ2v) is 7.95. The molecule has 25 heavy (non-hydrogen) atoms. The standard InChI is InChI=1S/C17H14BrF2N3OS/c1-23-9-13(16(22-23)12-4-2-10(19)8-14(12)20)17(24)21-7-6-11-3-5-15(18)25-11/h2-5,8-9H,6-7H2,1H3,(H,21,24). The van der Waals surface area contributed by atoms with E-state index in [-0.39, 0.29) is 22.7 Å². The van der Waals surface area contributed by atoms with E-state index in [1.807, 2.05) is 12.1 Å². The van der Waals surface area contributed by atoms with E-state index >= 15 is 0 Å². The number of carbonyl (C=O) groups is 1. The molecular weight excluding hydrogens is 412 g/mol. The van der Waals surface area contributed by atoms with Crippen molar-refractivity contribution >= 4 is 33.2 Å². The number of hydrogen-bond acceptors (Lipinski definition) is 3. The van der Waals surface area contributed by atoms with Crippen LogP contribution in [0.3, 0.4) is 0 Å². The Kier molecular flexibility index (Phi) is 5.29. The van der Waals surface area contributed by atoms with Gasteiger partial charge in [-0.25, -0.2) is 8.78 Å². The molecule has 0 aliphatic carbocycles. The Morgan fingerprint density at radius 1 is 1.32 bits per heavy atom. The number of benzene rings is 1. The summed E-state index contributed by atoms with van der Waals surface area (Å²) in [6.45, 7) is 0.450. The highest BCUT2D eigenvalue weighted by atomic mass is 79.9. The summed E-state index contributed by atoms with van der Waals surface area (Å²) in [5.41, 5.74) is 0.533. The minimum Gasteiger partial charge on any atom is -0.352 e. The lowest BCUT2D eigenvalue weighted by Gasteiger charge is -2.06. The summed E-state index contributed by atoms with van der Waals surface area (Å²) in [5.74, 6) is -1.77. The maximum Gasteiger partial charge on any atom is 0.255 e. The predicted molar refractivity (Wildman–Crippen MR) is 96.6 cm³/mol. The molecule has 8 heteroatoms. The fourth-order valence-electron chi connectivity index (χ4n) is 2.42. The van der Waals surface area contributed by atoms with Crippen LogP contribution in [0.2, 0.25) is 0 Å². The van der Waals surface area contributed by atoms with Gasteiger partial charge in [-0.15, -0.1) is 11.3 Å². The third-order valence-electron chi connectivity index (χ3n) is 3.55. The molecule has 0 aliphatic heterocycles. The van der Waals surface area contributed by atoms with Crippen molar-refractivity contribution in [2.24, 2.45) is 7.05 Å². The van der Waals surface area contributed by atoms with Crippen LogP contribution >= 0.6 is 27.3 Å². The number of aryl methyl sites for hydroxylation is 1. The highest BCUT2D eigenvalue weighted by molar-refractivity contribution is 9.11. The van der Waals surface area contributed by atoms with E-state index in [4.69, 9.17) is 0 Å². The van der Waals surface area contributed by atoms with E-state index in [0.717, 1.165) is 20.8 Å². The molecule has 130 valence electrons. The van der Waals surface area contributed by atoms with Gasteiger partial charge in [0.05, 0.1) is 9.35 Å². The molecule has 0 atom stereocenters. The van der Waals surface area contributed by atoms with Crippen LogP contribution in [0.5, 0.6) is 0 Å². The second-order valence-electron chi connectivity index (χ2n) is 5.40. The van der Waals surface area contributed by atoms with Crippen LogP contribution in [0.4, 0.5) is 8.78 Å². The minimum absolute atomic E-state index is 0.0920. The number of hydrogen-bond donors (Lipinski definition) is 1. The SMILES string of the molecule is Cn1cc(C(=O)NCCc2ccc(Br)s2)c(-c2ccc(F)cc2F)n1. The van der Waals surface area contributed by atoms with Gasteiger partial charge in [-0.2, -0.15) is 5.10 Å². The van der Waals surface area contributed by atoms with Gasteiger partial charge in [-0.05, 0) is 46.6 Å². The Bertz CT molecular complexity index is 923. The van der Waals surface area contributed by atoms with Gasteiger partial charge >= 0.3 is 0 Å². The summed E-state index contributed by atoms with van der Waals surface area (Å²) in [5, 5.41) is 6.96. The van der Waals surface area contributed by atoms with Crippen molar-refractivity contribution < 1.29 is 13.6 Å². The highest BCUT2D eigenvalue weighted by Gasteiger charge is 2.19. The highest BCUT2D eigenvalue weighted by Crippen LogP contribution is 2.26. The number of amides is 1. The molecule has 4 nitrogen and oxygen atoms in total. The lowest BCUT2D eigenvalue weighted by atomic mass is 10.1. The average molecular weight is 426 g/mol. The number of nitrogens with one attached hydrogen (secondary N) is 1. The van der Waals surface area contributed by atoms with E-state index in [1.54, 1.807) is 18.4 Å². The summed E-state index contributed by atoms with van der Waals surface area (Å²) < 4.78 is 29.6. The molecule has 0 spiro atoms. The third kappa shape index (κ3) is 4.13. The van der Waals surface area contributed by atoms with E-state index < -0.39 is 11.6 Å². The predicted octanol–water partition coefficient (Wildman–Crippen LogP) is 4.16. The van der Waals surface area contributed by atoms with Crippen LogP contribution in [0.15, 0.2) is 40.3 Å². The summed E-state index contributed by atoms with van der Waals surface area (Å²) in [6.07, 6.45) is 2.22. The van der Waals surface area contributed by atoms with Crippen molar-refractivity contribution in [2.45, 2.75) is 6.42 Å². The molecule has 3 aromatic rings. The Morgan fingerprint density at radius 3 is 2.80 bits per heavy atom. The topological polar surface area (TPSA) is 46.9 Å². The van der Waals surface area contributed by atoms with Crippen LogP contribution in [0.25, 0.3) is 11.3 Å². The molecule has 0 saturated heterocycles. The van der Waals surface area contributed by atoms with Crippen LogP contribution in [-0.2, 0) is 13.5 Å². The molecule has 0 bridgehead atoms. The average Bonchev–Trinajstić information content (AvgIpc) is 3.13. The van der Waals surface area contributed by atoms with Crippen LogP contribution in [-0.4, -0.2) is 22.2 Å². The maximum atomic E-state index is 14.0. The number of aromatic nitrogens is 2. The van der Waals surface area contributed by atoms with Gasteiger partial charge < -0.3 is 5.32 Å². The van der Waals surface area contributed by atoms with E-state index in [0.29, 0.717) is 13.0 Å². The first-order valence-corrected chi connectivity index (χ1v) is 9.06. The zero-order chi connectivity index (χ0) is 18.0. The zero-order valence-corrected chi connectivity index (χ0v) is 15.6. The lowest BCUT2D eigenvalue weighted by molar-refractivity contribution is 0.0954. The number of thiophene rings is 1. The number of halogens is 3. The summed E-state index contributed by atoms with van der Waals surface area (Å²) in [4.78, 5) is 13.6. The van der Waals surface area contributed by atoms with Crippen LogP contribution in [0.1, 0.15) is 15.2 Å². The van der Waals surface area contributed by atoms with Crippen molar-refractivity contribution in [3.05, 3.63) is 62.4 Å². The number of rotatable bonds is 5. The quantitative estimate of drug-likeness (QED) is 0.666. The van der Waals surface area contributed by atoms with Crippen LogP contribution in [0, 0.1) is 11.6 Å². The number of nitrogens with zero attached hydrogens (tertiary/aromatic N) is 2. The summed E-state index contributed by atoms with van der Waals surface area (Å²) in [6, 6.07) is 7.15. The molecular formula is C17H14BrF2N3OS. The van der Waals surface area contributed by atoms with E-state index in [9.17, 15) is 13.6 Å². The molecule has 0 unspecified atom stereocenters. The molecule has 0 aliphatic rings. The largest absolute Gasteiger partial charge is 0.352 e. The fourth-order valence-corrected chi connectivity index (χ4v) is 3.90. The molecule has 1 amide bonds. The Balaban J connectivity index is 1.76. The van der Waals surface area contributed by atoms with Crippen molar-refractivity contribution in [3.63, 3.8) is 0 Å². The lowest BCUT2D eigenvalue weighted by Crippen LogP contribution is -2.25. The molecule has 0 fully saturated rings. The summed E-state index contributed by atoms with van der Waals surface area (Å²) >= 11 is 5.00. The molecule has 0 radical (unpaired) electrons. The van der Waals surface area contributed by atoms with Gasteiger partial charge in [-0.1, -0.05) is 0 Å². The second kappa shape index (κ2) is 7.45. The summed E-state index contributed by atoms with van der Waals surface area (Å²) in [7, 11) is 1.64. The smallest absolute Gasteiger partial charge is 0.255 e. The normalized spacial score (nSPS) is 10.9. The first kappa shape index (κ1) is 17.8. The monoisotopic (exact) mass is 425 g/mol. The van der Waals surface area contributed by atoms with Gasteiger partial charge in [0, 0.05) is 36.3 Å². The third-order valence-corrected chi connectivity index (χ3v) is 5.23. The molecule has 3 rings (SSSR count). The fraction of sp³-hybridized carbons (Fsp3) is 0.176. The van der Waals surface area contributed by atoms with E-state index in [1.165, 1.54) is 16.9 Å². The van der Waals surface area contributed by atoms with Gasteiger partial charge in [0.1, 0.15) is 17.3 Å². The Hall–Kier alpha value is -2.06. The van der Waals surface area contributed by atoms with Crippen molar-refractivity contribution in [1.82, 2.24) is 15.1 Å². The molecule has 0 saturated carbocycles. The van der Waals surface area contributed by atoms with Crippen molar-refractivity contribution in [3.8, 4) is 11.3 Å². The Morgan fingerprint density at radius 2 is 2.12 bits per heavy atom. The van der Waals surface area contributed by atoms with Crippen molar-refractivity contribution in [2.75, 3.05) is 6.54 Å². The Labute approximate surface area is 155 Å². The molecule has 1 aromatic carbocycles. The number of carbonyl (C=O) groups excluding carboxylic acids is 1. The van der Waals surface area contributed by atoms with E-state index in [2.05, 4.69) is 26.3 Å². The van der Waals surface area contributed by atoms with Gasteiger partial charge in [0.2, 0.25) is 0 Å². The van der Waals surface area contributed by atoms with Gasteiger partial charge in [0.25, 0.3) is 5.91 Å². The van der Waals surface area contributed by atoms with Crippen LogP contribution < -0.4 is 5.32 Å². The van der Waals surface area contributed by atoms with Gasteiger partial charge in [-0.3, -0.25) is 9.48 Å². The van der Waals surface area contributed by atoms with Gasteiger partial charge in [0.15, 0.2) is 0 Å². The van der Waals surface area contributed by atoms with Crippen molar-refractivity contribution in [1.29, 1.82) is 0 Å². The minimum atomic E-state index is -0.754. The zero-order valence-electron chi connectivity index (χ0n) is 13.2. The maximum absolute atomic E-state index is 14.0. The molecule has 2 heterocycles. The first-order valence-electron chi connectivity index (χ1n) is 7.45. The first-order chi connectivity index (χ1) is 11.9.